The lowest BCUT2D eigenvalue weighted by Gasteiger charge is -2.40. The van der Waals surface area contributed by atoms with Crippen LogP contribution >= 0.6 is 11.6 Å². The predicted molar refractivity (Wildman–Crippen MR) is 93.2 cm³/mol. The SMILES string of the molecule is CCCn1cc(Cl)c(C(=O)N[C@@H]2CCC[C@@H](N3CCCC3)[C@@H]2O)n1. The van der Waals surface area contributed by atoms with Gasteiger partial charge < -0.3 is 10.4 Å². The molecule has 1 aromatic rings. The molecule has 6 nitrogen and oxygen atoms in total. The van der Waals surface area contributed by atoms with Gasteiger partial charge in [-0.05, 0) is 51.6 Å². The summed E-state index contributed by atoms with van der Waals surface area (Å²) in [5.41, 5.74) is 0.251. The van der Waals surface area contributed by atoms with Crippen LogP contribution in [0.5, 0.6) is 0 Å². The molecule has 0 radical (unpaired) electrons. The van der Waals surface area contributed by atoms with Gasteiger partial charge in [0.2, 0.25) is 0 Å². The van der Waals surface area contributed by atoms with E-state index in [0.29, 0.717) is 5.02 Å². The molecule has 1 aromatic heterocycles. The van der Waals surface area contributed by atoms with Gasteiger partial charge in [0.1, 0.15) is 0 Å². The summed E-state index contributed by atoms with van der Waals surface area (Å²) in [7, 11) is 0. The van der Waals surface area contributed by atoms with Gasteiger partial charge in [0.05, 0.1) is 17.2 Å². The summed E-state index contributed by atoms with van der Waals surface area (Å²) in [6.07, 6.45) is 7.29. The van der Waals surface area contributed by atoms with Crippen molar-refractivity contribution < 1.29 is 9.90 Å². The van der Waals surface area contributed by atoms with Crippen LogP contribution in [-0.2, 0) is 6.54 Å². The number of carbonyl (C=O) groups is 1. The Hall–Kier alpha value is -1.11. The average molecular weight is 355 g/mol. The maximum atomic E-state index is 12.5. The molecule has 7 heteroatoms. The summed E-state index contributed by atoms with van der Waals surface area (Å²) in [4.78, 5) is 14.9. The molecule has 1 saturated carbocycles. The molecule has 3 atom stereocenters. The van der Waals surface area contributed by atoms with Crippen LogP contribution in [0.3, 0.4) is 0 Å². The maximum Gasteiger partial charge on any atom is 0.273 e. The van der Waals surface area contributed by atoms with Crippen LogP contribution in [0.2, 0.25) is 5.02 Å². The highest BCUT2D eigenvalue weighted by atomic mass is 35.5. The molecule has 24 heavy (non-hydrogen) atoms. The van der Waals surface area contributed by atoms with Crippen LogP contribution in [0, 0.1) is 0 Å². The van der Waals surface area contributed by atoms with E-state index in [9.17, 15) is 9.90 Å². The second-order valence-corrected chi connectivity index (χ2v) is 7.31. The molecule has 134 valence electrons. The van der Waals surface area contributed by atoms with Gasteiger partial charge in [0, 0.05) is 18.8 Å². The lowest BCUT2D eigenvalue weighted by atomic mass is 9.87. The van der Waals surface area contributed by atoms with Gasteiger partial charge in [-0.1, -0.05) is 18.5 Å². The van der Waals surface area contributed by atoms with Crippen LogP contribution in [0.4, 0.5) is 0 Å². The quantitative estimate of drug-likeness (QED) is 0.849. The zero-order valence-electron chi connectivity index (χ0n) is 14.2. The van der Waals surface area contributed by atoms with Crippen molar-refractivity contribution in [2.45, 2.75) is 70.2 Å². The summed E-state index contributed by atoms with van der Waals surface area (Å²) >= 11 is 6.15. The number of aliphatic hydroxyl groups is 1. The largest absolute Gasteiger partial charge is 0.389 e. The topological polar surface area (TPSA) is 70.4 Å². The van der Waals surface area contributed by atoms with E-state index in [1.807, 2.05) is 6.92 Å². The number of halogens is 1. The summed E-state index contributed by atoms with van der Waals surface area (Å²) in [6, 6.07) is -0.0797. The number of nitrogens with zero attached hydrogens (tertiary/aromatic N) is 3. The molecule has 1 saturated heterocycles. The van der Waals surface area contributed by atoms with Gasteiger partial charge in [-0.3, -0.25) is 14.4 Å². The van der Waals surface area contributed by atoms with E-state index in [2.05, 4.69) is 15.3 Å². The number of likely N-dealkylation sites (tertiary alicyclic amines) is 1. The fourth-order valence-corrected chi connectivity index (χ4v) is 4.15. The van der Waals surface area contributed by atoms with Gasteiger partial charge in [0.25, 0.3) is 5.91 Å². The first-order valence-corrected chi connectivity index (χ1v) is 9.44. The highest BCUT2D eigenvalue weighted by Crippen LogP contribution is 2.27. The molecular formula is C17H27ClN4O2. The van der Waals surface area contributed by atoms with Crippen LogP contribution in [0.1, 0.15) is 55.9 Å². The fourth-order valence-electron chi connectivity index (χ4n) is 3.92. The van der Waals surface area contributed by atoms with Gasteiger partial charge in [0.15, 0.2) is 5.69 Å². The Morgan fingerprint density at radius 3 is 2.83 bits per heavy atom. The third-order valence-corrected chi connectivity index (χ3v) is 5.41. The van der Waals surface area contributed by atoms with Crippen molar-refractivity contribution in [3.63, 3.8) is 0 Å². The maximum absolute atomic E-state index is 12.5. The smallest absolute Gasteiger partial charge is 0.273 e. The molecule has 0 spiro atoms. The van der Waals surface area contributed by atoms with Crippen molar-refractivity contribution in [3.8, 4) is 0 Å². The molecule has 2 fully saturated rings. The Labute approximate surface area is 148 Å². The number of amides is 1. The van der Waals surface area contributed by atoms with Crippen molar-refractivity contribution in [1.82, 2.24) is 20.0 Å². The predicted octanol–water partition coefficient (Wildman–Crippen LogP) is 2.05. The first-order valence-electron chi connectivity index (χ1n) is 9.06. The monoisotopic (exact) mass is 354 g/mol. The average Bonchev–Trinajstić information content (AvgIpc) is 3.19. The number of hydrogen-bond acceptors (Lipinski definition) is 4. The number of aliphatic hydroxyl groups excluding tert-OH is 1. The van der Waals surface area contributed by atoms with Gasteiger partial charge in [-0.15, -0.1) is 0 Å². The Morgan fingerprint density at radius 1 is 1.38 bits per heavy atom. The number of carbonyl (C=O) groups excluding carboxylic acids is 1. The Morgan fingerprint density at radius 2 is 2.12 bits per heavy atom. The Kier molecular flexibility index (Phi) is 5.79. The zero-order valence-corrected chi connectivity index (χ0v) is 15.0. The number of aromatic nitrogens is 2. The minimum atomic E-state index is -0.530. The van der Waals surface area contributed by atoms with Crippen molar-refractivity contribution >= 4 is 17.5 Å². The van der Waals surface area contributed by atoms with E-state index in [1.54, 1.807) is 10.9 Å². The summed E-state index contributed by atoms with van der Waals surface area (Å²) in [5, 5.41) is 18.3. The van der Waals surface area contributed by atoms with Gasteiger partial charge in [-0.25, -0.2) is 0 Å². The normalized spacial score (nSPS) is 28.2. The lowest BCUT2D eigenvalue weighted by Crippen LogP contribution is -2.56. The lowest BCUT2D eigenvalue weighted by molar-refractivity contribution is 0.00697. The first-order chi connectivity index (χ1) is 11.6. The fraction of sp³-hybridized carbons (Fsp3) is 0.765. The van der Waals surface area contributed by atoms with E-state index in [-0.39, 0.29) is 23.7 Å². The van der Waals surface area contributed by atoms with Gasteiger partial charge >= 0.3 is 0 Å². The minimum Gasteiger partial charge on any atom is -0.389 e. The summed E-state index contributed by atoms with van der Waals surface area (Å²) in [5.74, 6) is -0.291. The molecule has 1 amide bonds. The highest BCUT2D eigenvalue weighted by Gasteiger charge is 2.37. The Balaban J connectivity index is 1.64. The zero-order chi connectivity index (χ0) is 17.1. The third kappa shape index (κ3) is 3.76. The van der Waals surface area contributed by atoms with Crippen molar-refractivity contribution in [1.29, 1.82) is 0 Å². The minimum absolute atomic E-state index is 0.152. The molecule has 0 unspecified atom stereocenters. The molecule has 1 aliphatic heterocycles. The molecule has 1 aliphatic carbocycles. The van der Waals surface area contributed by atoms with E-state index < -0.39 is 6.10 Å². The molecule has 2 aliphatic rings. The van der Waals surface area contributed by atoms with Crippen LogP contribution in [0.25, 0.3) is 0 Å². The Bertz CT molecular complexity index is 571. The van der Waals surface area contributed by atoms with Gasteiger partial charge in [-0.2, -0.15) is 5.10 Å². The molecule has 2 heterocycles. The van der Waals surface area contributed by atoms with Crippen LogP contribution in [0.15, 0.2) is 6.20 Å². The second kappa shape index (κ2) is 7.85. The second-order valence-electron chi connectivity index (χ2n) is 6.90. The molecule has 0 aromatic carbocycles. The molecule has 0 bridgehead atoms. The number of nitrogens with one attached hydrogen (secondary N) is 1. The van der Waals surface area contributed by atoms with Crippen molar-refractivity contribution in [2.75, 3.05) is 13.1 Å². The standard InChI is InChI=1S/C17H27ClN4O2/c1-2-8-22-11-12(18)15(20-22)17(24)19-13-6-5-7-14(16(13)23)21-9-3-4-10-21/h11,13-14,16,23H,2-10H2,1H3,(H,19,24)/t13-,14-,16-/m1/s1. The van der Waals surface area contributed by atoms with Crippen LogP contribution in [-0.4, -0.2) is 57.0 Å². The summed E-state index contributed by atoms with van der Waals surface area (Å²) in [6.45, 7) is 4.88. The molecular weight excluding hydrogens is 328 g/mol. The number of aryl methyl sites for hydroxylation is 1. The third-order valence-electron chi connectivity index (χ3n) is 5.13. The number of rotatable bonds is 5. The van der Waals surface area contributed by atoms with E-state index in [1.165, 1.54) is 12.8 Å². The molecule has 3 rings (SSSR count). The van der Waals surface area contributed by atoms with E-state index >= 15 is 0 Å². The van der Waals surface area contributed by atoms with E-state index in [0.717, 1.165) is 45.3 Å². The van der Waals surface area contributed by atoms with Crippen LogP contribution < -0.4 is 5.32 Å². The first kappa shape index (κ1) is 17.7. The number of hydrogen-bond donors (Lipinski definition) is 2. The highest BCUT2D eigenvalue weighted by molar-refractivity contribution is 6.33. The molecule has 2 N–H and O–H groups in total. The van der Waals surface area contributed by atoms with Crippen molar-refractivity contribution in [2.24, 2.45) is 0 Å². The summed E-state index contributed by atoms with van der Waals surface area (Å²) < 4.78 is 1.70. The van der Waals surface area contributed by atoms with E-state index in [4.69, 9.17) is 11.6 Å². The van der Waals surface area contributed by atoms with Crippen molar-refractivity contribution in [3.05, 3.63) is 16.9 Å².